The van der Waals surface area contributed by atoms with E-state index in [1.807, 2.05) is 0 Å². The molecule has 0 rings (SSSR count). The van der Waals surface area contributed by atoms with Crippen molar-refractivity contribution in [3.8, 4) is 0 Å². The van der Waals surface area contributed by atoms with E-state index in [0.717, 1.165) is 64.2 Å². The fourth-order valence-corrected chi connectivity index (χ4v) is 6.12. The molecule has 0 saturated carbocycles. The maximum absolute atomic E-state index is 12.5. The van der Waals surface area contributed by atoms with Gasteiger partial charge in [-0.15, -0.1) is 0 Å². The van der Waals surface area contributed by atoms with Crippen LogP contribution in [0.1, 0.15) is 181 Å². The Hall–Kier alpha value is -1.51. The van der Waals surface area contributed by atoms with Crippen LogP contribution in [-0.2, 0) is 32.7 Å². The lowest BCUT2D eigenvalue weighted by Crippen LogP contribution is -2.29. The summed E-state index contributed by atoms with van der Waals surface area (Å²) in [6.07, 6.45) is 36.3. The first-order valence-corrected chi connectivity index (χ1v) is 21.3. The van der Waals surface area contributed by atoms with Crippen LogP contribution in [0.5, 0.6) is 0 Å². The summed E-state index contributed by atoms with van der Waals surface area (Å²) in [6, 6.07) is 0. The molecule has 0 heterocycles. The highest BCUT2D eigenvalue weighted by molar-refractivity contribution is 7.47. The Morgan fingerprint density at radius 2 is 1.08 bits per heavy atom. The highest BCUT2D eigenvalue weighted by Crippen LogP contribution is 2.43. The Kier molecular flexibility index (Phi) is 35.2. The average molecular weight is 716 g/mol. The number of hydrogen-bond acceptors (Lipinski definition) is 8. The van der Waals surface area contributed by atoms with Crippen LogP contribution in [0.2, 0.25) is 0 Å². The number of phosphoric acid groups is 1. The van der Waals surface area contributed by atoms with Gasteiger partial charge in [0.15, 0.2) is 6.10 Å². The van der Waals surface area contributed by atoms with E-state index in [2.05, 4.69) is 38.2 Å². The minimum absolute atomic E-state index is 0.0523. The second kappa shape index (κ2) is 36.3. The largest absolute Gasteiger partial charge is 0.472 e. The molecule has 0 saturated heterocycles. The van der Waals surface area contributed by atoms with Crippen molar-refractivity contribution in [1.29, 1.82) is 0 Å². The number of allylic oxidation sites excluding steroid dienone is 4. The van der Waals surface area contributed by atoms with E-state index in [-0.39, 0.29) is 38.6 Å². The lowest BCUT2D eigenvalue weighted by Gasteiger charge is -2.19. The summed E-state index contributed by atoms with van der Waals surface area (Å²) < 4.78 is 32.7. The van der Waals surface area contributed by atoms with Crippen molar-refractivity contribution in [3.05, 3.63) is 24.3 Å². The molecule has 0 aromatic heterocycles. The van der Waals surface area contributed by atoms with E-state index in [1.54, 1.807) is 0 Å². The number of ether oxygens (including phenoxy) is 2. The van der Waals surface area contributed by atoms with Gasteiger partial charge in [0.05, 0.1) is 13.2 Å². The van der Waals surface area contributed by atoms with Crippen molar-refractivity contribution in [2.75, 3.05) is 26.4 Å². The van der Waals surface area contributed by atoms with Gasteiger partial charge in [0.2, 0.25) is 0 Å². The molecular weight excluding hydrogens is 641 g/mol. The second-order valence-corrected chi connectivity index (χ2v) is 14.6. The zero-order valence-electron chi connectivity index (χ0n) is 31.4. The third kappa shape index (κ3) is 36.1. The smallest absolute Gasteiger partial charge is 0.462 e. The molecular formula is C39H74NO8P. The van der Waals surface area contributed by atoms with E-state index in [4.69, 9.17) is 24.3 Å². The SMILES string of the molecule is CCCC/C=C/C/C=C/CCCCCCCC(=O)O[C@H](COC(=O)CCCCCCCCCCCCCCCC)COP(=O)(O)OCCN. The highest BCUT2D eigenvalue weighted by atomic mass is 31.2. The Labute approximate surface area is 300 Å². The van der Waals surface area contributed by atoms with E-state index in [1.165, 1.54) is 83.5 Å². The number of phosphoric ester groups is 1. The predicted molar refractivity (Wildman–Crippen MR) is 201 cm³/mol. The summed E-state index contributed by atoms with van der Waals surface area (Å²) in [5.41, 5.74) is 5.33. The monoisotopic (exact) mass is 716 g/mol. The van der Waals surface area contributed by atoms with Crippen LogP contribution in [0, 0.1) is 0 Å². The first kappa shape index (κ1) is 47.5. The lowest BCUT2D eigenvalue weighted by atomic mass is 10.0. The van der Waals surface area contributed by atoms with Gasteiger partial charge >= 0.3 is 19.8 Å². The van der Waals surface area contributed by atoms with Gasteiger partial charge in [0.1, 0.15) is 6.61 Å². The van der Waals surface area contributed by atoms with Crippen LogP contribution in [0.15, 0.2) is 24.3 Å². The number of nitrogens with two attached hydrogens (primary N) is 1. The summed E-state index contributed by atoms with van der Waals surface area (Å²) in [5, 5.41) is 0. The quantitative estimate of drug-likeness (QED) is 0.0279. The fraction of sp³-hybridized carbons (Fsp3) is 0.846. The zero-order valence-corrected chi connectivity index (χ0v) is 32.3. The van der Waals surface area contributed by atoms with Gasteiger partial charge in [-0.2, -0.15) is 0 Å². The fourth-order valence-electron chi connectivity index (χ4n) is 5.36. The van der Waals surface area contributed by atoms with Crippen LogP contribution < -0.4 is 5.73 Å². The first-order chi connectivity index (χ1) is 23.8. The highest BCUT2D eigenvalue weighted by Gasteiger charge is 2.25. The van der Waals surface area contributed by atoms with Gasteiger partial charge in [-0.05, 0) is 38.5 Å². The van der Waals surface area contributed by atoms with Gasteiger partial charge in [0, 0.05) is 19.4 Å². The van der Waals surface area contributed by atoms with Crippen molar-refractivity contribution < 1.29 is 37.6 Å². The van der Waals surface area contributed by atoms with E-state index < -0.39 is 26.5 Å². The normalized spacial score (nSPS) is 13.6. The number of carbonyl (C=O) groups excluding carboxylic acids is 2. The minimum atomic E-state index is -4.37. The minimum Gasteiger partial charge on any atom is -0.462 e. The molecule has 9 nitrogen and oxygen atoms in total. The Morgan fingerprint density at radius 1 is 0.612 bits per heavy atom. The molecule has 1 unspecified atom stereocenters. The van der Waals surface area contributed by atoms with Crippen molar-refractivity contribution in [2.45, 2.75) is 187 Å². The molecule has 0 fully saturated rings. The molecule has 0 aromatic rings. The number of hydrogen-bond donors (Lipinski definition) is 2. The molecule has 288 valence electrons. The van der Waals surface area contributed by atoms with Gasteiger partial charge in [0.25, 0.3) is 0 Å². The molecule has 0 radical (unpaired) electrons. The Morgan fingerprint density at radius 3 is 1.61 bits per heavy atom. The summed E-state index contributed by atoms with van der Waals surface area (Å²) in [4.78, 5) is 34.7. The molecule has 10 heteroatoms. The third-order valence-electron chi connectivity index (χ3n) is 8.34. The molecule has 0 spiro atoms. The summed E-state index contributed by atoms with van der Waals surface area (Å²) >= 11 is 0. The average Bonchev–Trinajstić information content (AvgIpc) is 3.08. The van der Waals surface area contributed by atoms with Gasteiger partial charge in [-0.3, -0.25) is 18.6 Å². The van der Waals surface area contributed by atoms with Crippen molar-refractivity contribution in [1.82, 2.24) is 0 Å². The molecule has 2 atom stereocenters. The lowest BCUT2D eigenvalue weighted by molar-refractivity contribution is -0.161. The van der Waals surface area contributed by atoms with Crippen molar-refractivity contribution in [2.24, 2.45) is 5.73 Å². The molecule has 0 bridgehead atoms. The molecule has 0 aliphatic heterocycles. The number of unbranched alkanes of at least 4 members (excludes halogenated alkanes) is 20. The molecule has 49 heavy (non-hydrogen) atoms. The molecule has 3 N–H and O–H groups in total. The van der Waals surface area contributed by atoms with E-state index >= 15 is 0 Å². The van der Waals surface area contributed by atoms with Gasteiger partial charge < -0.3 is 20.1 Å². The second-order valence-electron chi connectivity index (χ2n) is 13.2. The number of carbonyl (C=O) groups is 2. The van der Waals surface area contributed by atoms with E-state index in [0.29, 0.717) is 6.42 Å². The summed E-state index contributed by atoms with van der Waals surface area (Å²) in [6.45, 7) is 3.67. The molecule has 0 aliphatic rings. The van der Waals surface area contributed by atoms with Crippen LogP contribution in [0.25, 0.3) is 0 Å². The summed E-state index contributed by atoms with van der Waals surface area (Å²) in [5.74, 6) is -0.841. The zero-order chi connectivity index (χ0) is 36.1. The number of esters is 2. The van der Waals surface area contributed by atoms with Crippen LogP contribution in [0.4, 0.5) is 0 Å². The van der Waals surface area contributed by atoms with Crippen LogP contribution in [0.3, 0.4) is 0 Å². The van der Waals surface area contributed by atoms with Gasteiger partial charge in [-0.25, -0.2) is 4.57 Å². The van der Waals surface area contributed by atoms with Crippen LogP contribution >= 0.6 is 7.82 Å². The molecule has 0 aliphatic carbocycles. The Balaban J connectivity index is 4.21. The predicted octanol–water partition coefficient (Wildman–Crippen LogP) is 10.8. The van der Waals surface area contributed by atoms with Gasteiger partial charge in [-0.1, -0.05) is 154 Å². The van der Waals surface area contributed by atoms with Crippen molar-refractivity contribution >= 4 is 19.8 Å². The Bertz CT molecular complexity index is 866. The maximum Gasteiger partial charge on any atom is 0.472 e. The molecule has 0 aromatic carbocycles. The third-order valence-corrected chi connectivity index (χ3v) is 9.32. The number of rotatable bonds is 37. The maximum atomic E-state index is 12.5. The summed E-state index contributed by atoms with van der Waals surface area (Å²) in [7, 11) is -4.37. The van der Waals surface area contributed by atoms with Crippen LogP contribution in [-0.4, -0.2) is 49.3 Å². The first-order valence-electron chi connectivity index (χ1n) is 19.8. The van der Waals surface area contributed by atoms with E-state index in [9.17, 15) is 19.0 Å². The molecule has 0 amide bonds. The van der Waals surface area contributed by atoms with Crippen molar-refractivity contribution in [3.63, 3.8) is 0 Å². The topological polar surface area (TPSA) is 134 Å². The standard InChI is InChI=1S/C39H74NO8P/c1-3-5-7-9-11-13-15-17-19-21-23-25-27-29-31-38(41)45-35-37(36-47-49(43,44)46-34-33-40)48-39(42)32-30-28-26-24-22-20-18-16-14-12-10-8-6-4-2/h10,12,16,18,37H,3-9,11,13-15,17,19-36,40H2,1-2H3,(H,43,44)/b12-10+,18-16+/t37-/m1/s1.